The van der Waals surface area contributed by atoms with Crippen molar-refractivity contribution >= 4 is 29.0 Å². The molecule has 0 aliphatic carbocycles. The van der Waals surface area contributed by atoms with Gasteiger partial charge in [0.2, 0.25) is 0 Å². The van der Waals surface area contributed by atoms with Crippen LogP contribution in [-0.2, 0) is 36.1 Å². The van der Waals surface area contributed by atoms with Gasteiger partial charge in [0.1, 0.15) is 17.3 Å². The van der Waals surface area contributed by atoms with E-state index in [1.807, 2.05) is 42.6 Å². The minimum Gasteiger partial charge on any atom is -0.457 e. The van der Waals surface area contributed by atoms with E-state index in [0.29, 0.717) is 30.0 Å². The lowest BCUT2D eigenvalue weighted by Gasteiger charge is -2.55. The second-order valence-corrected chi connectivity index (χ2v) is 20.8. The van der Waals surface area contributed by atoms with Crippen molar-refractivity contribution < 1.29 is 14.3 Å². The number of Topliss-reactive ketones (excluding diaryl/α,β-unsaturated/α-hetero) is 1. The minimum atomic E-state index is -0.738. The summed E-state index contributed by atoms with van der Waals surface area (Å²) in [5.41, 5.74) is 3.05. The number of carbonyl (C=O) groups excluding carboxylic acids is 1. The number of ketones is 1. The van der Waals surface area contributed by atoms with Crippen LogP contribution in [0.4, 0.5) is 0 Å². The first-order chi connectivity index (χ1) is 30.8. The zero-order valence-electron chi connectivity index (χ0n) is 38.6. The molecular weight excluding hydrogens is 846 g/mol. The van der Waals surface area contributed by atoms with E-state index in [9.17, 15) is 0 Å². The molecule has 0 radical (unpaired) electrons. The van der Waals surface area contributed by atoms with E-state index in [0.717, 1.165) is 84.6 Å². The Hall–Kier alpha value is -3.40. The van der Waals surface area contributed by atoms with Gasteiger partial charge in [-0.3, -0.25) is 24.4 Å². The molecule has 7 unspecified atom stereocenters. The van der Waals surface area contributed by atoms with E-state index in [1.54, 1.807) is 7.11 Å². The van der Waals surface area contributed by atoms with Crippen molar-refractivity contribution in [3.63, 3.8) is 0 Å². The number of benzene rings is 3. The molecule has 64 heavy (non-hydrogen) atoms. The molecule has 1 aromatic heterocycles. The second kappa shape index (κ2) is 17.0. The van der Waals surface area contributed by atoms with Gasteiger partial charge in [-0.15, -0.1) is 0 Å². The SMILES string of the molecule is CCC12C(=O)C34C5N[C@H](COC)C3N(C)[C@@H](Cc3ccc(Cl)cc3)CC1NC[C@H]1CN(CC4N(Cc3ccc(Cl)cc3Oc3ccc(-c4cnc(CN(C)C)n4C)cc3)[C@H]5C)C2N1C. The van der Waals surface area contributed by atoms with Crippen LogP contribution < -0.4 is 15.4 Å². The molecule has 2 N–H and O–H groups in total. The van der Waals surface area contributed by atoms with Gasteiger partial charge in [0.25, 0.3) is 0 Å². The molecule has 11 atom stereocenters. The number of ether oxygens (including phenoxy) is 2. The maximum Gasteiger partial charge on any atom is 0.154 e. The molecule has 0 amide bonds. The molecule has 7 heterocycles. The third kappa shape index (κ3) is 6.92. The number of halogens is 2. The normalized spacial score (nSPS) is 34.0. The Morgan fingerprint density at radius 3 is 2.44 bits per heavy atom. The Kier molecular flexibility index (Phi) is 11.8. The van der Waals surface area contributed by atoms with E-state index in [-0.39, 0.29) is 48.5 Å². The number of nitrogens with zero attached hydrogens (tertiary/aromatic N) is 7. The summed E-state index contributed by atoms with van der Waals surface area (Å²) in [7, 11) is 12.5. The van der Waals surface area contributed by atoms with Crippen molar-refractivity contribution in [2.75, 3.05) is 61.5 Å². The number of fused-ring (bicyclic) bond motifs is 1. The first kappa shape index (κ1) is 44.4. The van der Waals surface area contributed by atoms with Crippen LogP contribution in [-0.4, -0.2) is 156 Å². The molecule has 0 saturated carbocycles. The molecule has 10 rings (SSSR count). The highest BCUT2D eigenvalue weighted by Crippen LogP contribution is 2.61. The highest BCUT2D eigenvalue weighted by atomic mass is 35.5. The highest BCUT2D eigenvalue weighted by Gasteiger charge is 2.78. The van der Waals surface area contributed by atoms with Crippen molar-refractivity contribution in [1.82, 2.24) is 44.7 Å². The number of methoxy groups -OCH3 is 1. The molecule has 14 heteroatoms. The lowest BCUT2D eigenvalue weighted by molar-refractivity contribution is -0.155. The van der Waals surface area contributed by atoms with E-state index in [2.05, 4.69) is 124 Å². The van der Waals surface area contributed by atoms with E-state index >= 15 is 4.79 Å². The number of imidazole rings is 1. The van der Waals surface area contributed by atoms with E-state index in [4.69, 9.17) is 32.7 Å². The zero-order chi connectivity index (χ0) is 44.8. The third-order valence-electron chi connectivity index (χ3n) is 16.5. The molecule has 6 aliphatic heterocycles. The first-order valence-electron chi connectivity index (χ1n) is 23.2. The van der Waals surface area contributed by atoms with Gasteiger partial charge in [-0.1, -0.05) is 48.3 Å². The van der Waals surface area contributed by atoms with Crippen LogP contribution in [0.25, 0.3) is 11.3 Å². The molecule has 4 aromatic rings. The molecule has 6 saturated heterocycles. The lowest BCUT2D eigenvalue weighted by Crippen LogP contribution is -2.71. The largest absolute Gasteiger partial charge is 0.457 e. The Bertz CT molecular complexity index is 2360. The molecule has 6 aliphatic rings. The summed E-state index contributed by atoms with van der Waals surface area (Å²) in [5, 5.41) is 9.63. The maximum atomic E-state index is 16.9. The topological polar surface area (TPSA) is 93.6 Å². The number of carbonyl (C=O) groups is 1. The van der Waals surface area contributed by atoms with E-state index < -0.39 is 10.8 Å². The molecule has 342 valence electrons. The molecule has 3 aromatic carbocycles. The second-order valence-electron chi connectivity index (χ2n) is 20.0. The van der Waals surface area contributed by atoms with Crippen LogP contribution in [0.5, 0.6) is 11.5 Å². The predicted octanol–water partition coefficient (Wildman–Crippen LogP) is 6.00. The fourth-order valence-corrected chi connectivity index (χ4v) is 14.0. The molecule has 12 nitrogen and oxygen atoms in total. The standard InChI is InChI=1S/C50H65Cl2N9O3/c1-9-49-42-22-36(20-31-10-15-34(51)16-11-31)57(5)46-39(29-63-8)55-45-30(2)61(43(50(45,46)47(49)62)27-60-26-37(23-53-42)58(6)48(49)60)25-33-12-17-35(52)21-41(33)64-38-18-13-32(14-19-38)40-24-54-44(59(40)7)28-56(3)4/h10-19,21,24,30,36-37,39,42-43,45-46,48,53,55H,9,20,22-23,25-29H2,1-8H3/t30-,36-,37-,39+,42?,43?,45?,46?,48?,49?,50?/m0/s1. The Morgan fingerprint density at radius 1 is 0.969 bits per heavy atom. The van der Waals surface area contributed by atoms with Gasteiger partial charge >= 0.3 is 0 Å². The Labute approximate surface area is 389 Å². The smallest absolute Gasteiger partial charge is 0.154 e. The van der Waals surface area contributed by atoms with E-state index in [1.165, 1.54) is 5.56 Å². The Balaban J connectivity index is 1.05. The number of likely N-dealkylation sites (N-methyl/N-ethyl adjacent to an activating group) is 2. The fraction of sp³-hybridized carbons (Fsp3) is 0.560. The average molecular weight is 911 g/mol. The van der Waals surface area contributed by atoms with Gasteiger partial charge in [-0.25, -0.2) is 4.98 Å². The molecule has 1 spiro atoms. The predicted molar refractivity (Wildman–Crippen MR) is 253 cm³/mol. The van der Waals surface area contributed by atoms with Gasteiger partial charge in [0, 0.05) is 110 Å². The van der Waals surface area contributed by atoms with Crippen molar-refractivity contribution in [1.29, 1.82) is 0 Å². The summed E-state index contributed by atoms with van der Waals surface area (Å²) in [6.45, 7) is 9.11. The Morgan fingerprint density at radius 2 is 1.72 bits per heavy atom. The number of hydrogen-bond donors (Lipinski definition) is 2. The van der Waals surface area contributed by atoms with Gasteiger partial charge in [0.15, 0.2) is 5.78 Å². The van der Waals surface area contributed by atoms with Gasteiger partial charge in [0.05, 0.1) is 42.0 Å². The fourth-order valence-electron chi connectivity index (χ4n) is 13.7. The lowest BCUT2D eigenvalue weighted by atomic mass is 9.55. The van der Waals surface area contributed by atoms with Crippen molar-refractivity contribution in [2.45, 2.75) is 101 Å². The number of rotatable bonds is 12. The number of likely N-dealkylation sites (tertiary alicyclic amines) is 2. The summed E-state index contributed by atoms with van der Waals surface area (Å²) < 4.78 is 15.0. The number of nitrogens with one attached hydrogen (secondary N) is 2. The quantitative estimate of drug-likeness (QED) is 0.176. The van der Waals surface area contributed by atoms with Gasteiger partial charge in [-0.2, -0.15) is 0 Å². The highest BCUT2D eigenvalue weighted by molar-refractivity contribution is 6.31. The zero-order valence-corrected chi connectivity index (χ0v) is 40.1. The van der Waals surface area contributed by atoms with Crippen LogP contribution in [0.15, 0.2) is 72.9 Å². The summed E-state index contributed by atoms with van der Waals surface area (Å²) in [5.74, 6) is 2.89. The van der Waals surface area contributed by atoms with Gasteiger partial charge < -0.3 is 29.6 Å². The molecule has 4 bridgehead atoms. The summed E-state index contributed by atoms with van der Waals surface area (Å²) in [6, 6.07) is 22.8. The van der Waals surface area contributed by atoms with Crippen molar-refractivity contribution in [2.24, 2.45) is 17.9 Å². The molecular formula is C50H65Cl2N9O3. The van der Waals surface area contributed by atoms with Crippen LogP contribution in [0.2, 0.25) is 10.0 Å². The van der Waals surface area contributed by atoms with Crippen molar-refractivity contribution in [3.05, 3.63) is 99.9 Å². The third-order valence-corrected chi connectivity index (χ3v) is 17.0. The monoisotopic (exact) mass is 909 g/mol. The van der Waals surface area contributed by atoms with Crippen LogP contribution in [0, 0.1) is 10.8 Å². The number of aromatic nitrogens is 2. The van der Waals surface area contributed by atoms with Crippen molar-refractivity contribution in [3.8, 4) is 22.8 Å². The van der Waals surface area contributed by atoms with Crippen LogP contribution >= 0.6 is 23.2 Å². The van der Waals surface area contributed by atoms with Crippen LogP contribution in [0.3, 0.4) is 0 Å². The average Bonchev–Trinajstić information content (AvgIpc) is 3.92. The number of hydrogen-bond acceptors (Lipinski definition) is 11. The maximum absolute atomic E-state index is 16.9. The summed E-state index contributed by atoms with van der Waals surface area (Å²) in [6.07, 6.45) is 4.43. The molecule has 6 fully saturated rings. The summed E-state index contributed by atoms with van der Waals surface area (Å²) in [4.78, 5) is 34.2. The summed E-state index contributed by atoms with van der Waals surface area (Å²) >= 11 is 13.2. The van der Waals surface area contributed by atoms with Crippen LogP contribution in [0.1, 0.15) is 43.6 Å². The van der Waals surface area contributed by atoms with Gasteiger partial charge in [-0.05, 0) is 108 Å². The first-order valence-corrected chi connectivity index (χ1v) is 24.0. The minimum absolute atomic E-state index is 0.00203.